The van der Waals surface area contributed by atoms with Gasteiger partial charge in [0.15, 0.2) is 12.4 Å². The van der Waals surface area contributed by atoms with Crippen LogP contribution in [-0.2, 0) is 6.54 Å². The van der Waals surface area contributed by atoms with Crippen LogP contribution in [0.1, 0.15) is 19.8 Å². The Hall–Kier alpha value is -0.920. The second-order valence-corrected chi connectivity index (χ2v) is 2.47. The van der Waals surface area contributed by atoms with Gasteiger partial charge in [-0.1, -0.05) is 19.4 Å². The van der Waals surface area contributed by atoms with Crippen molar-refractivity contribution in [2.75, 3.05) is 0 Å². The van der Waals surface area contributed by atoms with Crippen molar-refractivity contribution in [2.45, 2.75) is 26.3 Å². The van der Waals surface area contributed by atoms with Crippen molar-refractivity contribution in [2.24, 2.45) is 0 Å². The number of pyridine rings is 1. The first-order valence-corrected chi connectivity index (χ1v) is 3.87. The number of rotatable bonds is 3. The number of hydrogen-bond acceptors (Lipinski definition) is 0. The highest BCUT2D eigenvalue weighted by atomic mass is 19.0. The van der Waals surface area contributed by atoms with E-state index in [0.29, 0.717) is 0 Å². The van der Waals surface area contributed by atoms with Gasteiger partial charge in [0.05, 0.1) is 0 Å². The Morgan fingerprint density at radius 1 is 1.09 bits per heavy atom. The number of aromatic nitrogens is 1. The monoisotopic (exact) mass is 155 g/mol. The van der Waals surface area contributed by atoms with E-state index in [-0.39, 0.29) is 4.70 Å². The van der Waals surface area contributed by atoms with E-state index in [2.05, 4.69) is 36.0 Å². The molecule has 1 aromatic heterocycles. The standard InChI is InChI=1S/C9H14N.FH/c1-2-3-7-10-8-5-4-6-9-10;/h4-6,8-9H,2-3,7H2,1H3;1H/q+1;/p-1. The first-order chi connectivity index (χ1) is 4.93. The molecule has 0 saturated carbocycles. The normalized spacial score (nSPS) is 8.82. The van der Waals surface area contributed by atoms with Crippen LogP contribution in [0.15, 0.2) is 30.6 Å². The predicted octanol–water partition coefficient (Wildman–Crippen LogP) is -1.22. The molecule has 0 radical (unpaired) electrons. The average molecular weight is 155 g/mol. The zero-order chi connectivity index (χ0) is 7.23. The summed E-state index contributed by atoms with van der Waals surface area (Å²) in [4.78, 5) is 0. The van der Waals surface area contributed by atoms with Crippen molar-refractivity contribution in [3.63, 3.8) is 0 Å². The lowest BCUT2D eigenvalue weighted by atomic mass is 10.3. The van der Waals surface area contributed by atoms with Gasteiger partial charge in [0.1, 0.15) is 6.54 Å². The number of unbranched alkanes of at least 4 members (excludes halogenated alkanes) is 1. The van der Waals surface area contributed by atoms with Crippen LogP contribution in [0.2, 0.25) is 0 Å². The first kappa shape index (κ1) is 10.1. The SMILES string of the molecule is CCCC[n+]1ccccc1.[F-]. The van der Waals surface area contributed by atoms with Gasteiger partial charge in [-0.25, -0.2) is 4.57 Å². The Bertz CT molecular complexity index is 174. The summed E-state index contributed by atoms with van der Waals surface area (Å²) >= 11 is 0. The molecule has 0 aromatic carbocycles. The van der Waals surface area contributed by atoms with Gasteiger partial charge in [-0.2, -0.15) is 0 Å². The third-order valence-corrected chi connectivity index (χ3v) is 1.55. The smallest absolute Gasteiger partial charge is 0.168 e. The second kappa shape index (κ2) is 5.83. The minimum atomic E-state index is 0. The molecule has 1 aromatic rings. The van der Waals surface area contributed by atoms with Crippen LogP contribution in [0.25, 0.3) is 0 Å². The summed E-state index contributed by atoms with van der Waals surface area (Å²) in [7, 11) is 0. The van der Waals surface area contributed by atoms with E-state index >= 15 is 0 Å². The Labute approximate surface area is 67.0 Å². The highest BCUT2D eigenvalue weighted by molar-refractivity contribution is 4.83. The van der Waals surface area contributed by atoms with Crippen LogP contribution < -0.4 is 9.27 Å². The molecule has 0 atom stereocenters. The van der Waals surface area contributed by atoms with Crippen LogP contribution in [-0.4, -0.2) is 0 Å². The molecule has 11 heavy (non-hydrogen) atoms. The zero-order valence-electron chi connectivity index (χ0n) is 6.83. The number of nitrogens with zero attached hydrogens (tertiary/aromatic N) is 1. The maximum absolute atomic E-state index is 2.21. The predicted molar refractivity (Wildman–Crippen MR) is 41.5 cm³/mol. The van der Waals surface area contributed by atoms with Gasteiger partial charge >= 0.3 is 0 Å². The molecule has 0 aliphatic carbocycles. The summed E-state index contributed by atoms with van der Waals surface area (Å²) in [5, 5.41) is 0. The van der Waals surface area contributed by atoms with Crippen molar-refractivity contribution >= 4 is 0 Å². The van der Waals surface area contributed by atoms with E-state index in [0.717, 1.165) is 6.54 Å². The second-order valence-electron chi connectivity index (χ2n) is 2.47. The zero-order valence-corrected chi connectivity index (χ0v) is 6.83. The van der Waals surface area contributed by atoms with Gasteiger partial charge in [-0.15, -0.1) is 0 Å². The third kappa shape index (κ3) is 3.71. The fourth-order valence-corrected chi connectivity index (χ4v) is 0.924. The number of hydrogen-bond donors (Lipinski definition) is 0. The minimum absolute atomic E-state index is 0. The summed E-state index contributed by atoms with van der Waals surface area (Å²) < 4.78 is 2.21. The molecule has 0 bridgehead atoms. The number of aryl methyl sites for hydroxylation is 1. The minimum Gasteiger partial charge on any atom is -1.00 e. The highest BCUT2D eigenvalue weighted by Gasteiger charge is 1.93. The summed E-state index contributed by atoms with van der Waals surface area (Å²) in [6.45, 7) is 3.36. The van der Waals surface area contributed by atoms with Crippen LogP contribution in [0.4, 0.5) is 0 Å². The molecule has 0 N–H and O–H groups in total. The quantitative estimate of drug-likeness (QED) is 0.482. The Kier molecular flexibility index (Phi) is 5.35. The number of halogens is 1. The van der Waals surface area contributed by atoms with Gasteiger partial charge in [0.25, 0.3) is 0 Å². The van der Waals surface area contributed by atoms with Crippen molar-refractivity contribution < 1.29 is 9.27 Å². The van der Waals surface area contributed by atoms with Crippen molar-refractivity contribution in [1.82, 2.24) is 0 Å². The van der Waals surface area contributed by atoms with Crippen LogP contribution in [0, 0.1) is 0 Å². The molecule has 0 aliphatic rings. The lowest BCUT2D eigenvalue weighted by Crippen LogP contribution is -3.00. The van der Waals surface area contributed by atoms with Gasteiger partial charge < -0.3 is 4.70 Å². The van der Waals surface area contributed by atoms with Crippen LogP contribution in [0.3, 0.4) is 0 Å². The fraction of sp³-hybridized carbons (Fsp3) is 0.444. The van der Waals surface area contributed by atoms with E-state index in [9.17, 15) is 0 Å². The Morgan fingerprint density at radius 3 is 2.27 bits per heavy atom. The van der Waals surface area contributed by atoms with Crippen LogP contribution in [0.5, 0.6) is 0 Å². The average Bonchev–Trinajstić information content (AvgIpc) is 2.03. The van der Waals surface area contributed by atoms with Crippen molar-refractivity contribution in [1.29, 1.82) is 0 Å². The molecule has 0 saturated heterocycles. The molecule has 0 unspecified atom stereocenters. The topological polar surface area (TPSA) is 3.88 Å². The van der Waals surface area contributed by atoms with E-state index in [1.807, 2.05) is 6.07 Å². The summed E-state index contributed by atoms with van der Waals surface area (Å²) in [6.07, 6.45) is 6.75. The van der Waals surface area contributed by atoms with Gasteiger partial charge in [-0.05, 0) is 0 Å². The van der Waals surface area contributed by atoms with Crippen molar-refractivity contribution in [3.8, 4) is 0 Å². The molecule has 2 heteroatoms. The van der Waals surface area contributed by atoms with Gasteiger partial charge in [-0.3, -0.25) is 0 Å². The maximum atomic E-state index is 2.21. The molecule has 0 amide bonds. The van der Waals surface area contributed by atoms with E-state index < -0.39 is 0 Å². The summed E-state index contributed by atoms with van der Waals surface area (Å²) in [5.74, 6) is 0. The summed E-state index contributed by atoms with van der Waals surface area (Å²) in [6, 6.07) is 6.17. The fourth-order valence-electron chi connectivity index (χ4n) is 0.924. The molecule has 0 aliphatic heterocycles. The molecular formula is C9H14FN. The molecule has 1 nitrogen and oxygen atoms in total. The van der Waals surface area contributed by atoms with Crippen LogP contribution >= 0.6 is 0 Å². The molecule has 1 heterocycles. The molecular weight excluding hydrogens is 141 g/mol. The largest absolute Gasteiger partial charge is 1.00 e. The lowest BCUT2D eigenvalue weighted by molar-refractivity contribution is -0.697. The molecule has 0 spiro atoms. The third-order valence-electron chi connectivity index (χ3n) is 1.55. The first-order valence-electron chi connectivity index (χ1n) is 3.87. The Morgan fingerprint density at radius 2 is 1.73 bits per heavy atom. The highest BCUT2D eigenvalue weighted by Crippen LogP contribution is 1.85. The molecule has 62 valence electrons. The van der Waals surface area contributed by atoms with Gasteiger partial charge in [0, 0.05) is 18.6 Å². The van der Waals surface area contributed by atoms with E-state index in [1.165, 1.54) is 12.8 Å². The molecule has 0 fully saturated rings. The van der Waals surface area contributed by atoms with Gasteiger partial charge in [0.2, 0.25) is 0 Å². The molecule has 1 rings (SSSR count). The maximum Gasteiger partial charge on any atom is 0.168 e. The van der Waals surface area contributed by atoms with E-state index in [4.69, 9.17) is 0 Å². The lowest BCUT2D eigenvalue weighted by Gasteiger charge is -1.91. The summed E-state index contributed by atoms with van der Waals surface area (Å²) in [5.41, 5.74) is 0. The van der Waals surface area contributed by atoms with E-state index in [1.54, 1.807) is 0 Å². The van der Waals surface area contributed by atoms with Crippen molar-refractivity contribution in [3.05, 3.63) is 30.6 Å². The Balaban J connectivity index is 0.000001000.